The third kappa shape index (κ3) is 4.16. The lowest BCUT2D eigenvalue weighted by molar-refractivity contribution is 0.0955. The summed E-state index contributed by atoms with van der Waals surface area (Å²) in [4.78, 5) is 11.9. The van der Waals surface area contributed by atoms with Gasteiger partial charge in [-0.3, -0.25) is 4.79 Å². The van der Waals surface area contributed by atoms with Gasteiger partial charge in [0, 0.05) is 5.56 Å². The first-order chi connectivity index (χ1) is 10.1. The highest BCUT2D eigenvalue weighted by Gasteiger charge is 2.03. The zero-order valence-corrected chi connectivity index (χ0v) is 13.3. The second-order valence-corrected chi connectivity index (χ2v) is 5.31. The highest BCUT2D eigenvalue weighted by molar-refractivity contribution is 9.10. The van der Waals surface area contributed by atoms with E-state index in [1.807, 2.05) is 37.3 Å². The van der Waals surface area contributed by atoms with Crippen molar-refractivity contribution in [3.63, 3.8) is 0 Å². The number of benzene rings is 2. The van der Waals surface area contributed by atoms with E-state index in [-0.39, 0.29) is 5.91 Å². The van der Waals surface area contributed by atoms with Gasteiger partial charge < -0.3 is 4.74 Å². The zero-order chi connectivity index (χ0) is 15.2. The molecule has 0 unspecified atom stereocenters. The number of methoxy groups -OCH3 is 1. The van der Waals surface area contributed by atoms with E-state index in [9.17, 15) is 4.79 Å². The molecule has 0 fully saturated rings. The summed E-state index contributed by atoms with van der Waals surface area (Å²) < 4.78 is 5.98. The van der Waals surface area contributed by atoms with Crippen LogP contribution in [0, 0.1) is 6.92 Å². The molecule has 2 rings (SSSR count). The quantitative estimate of drug-likeness (QED) is 0.680. The van der Waals surface area contributed by atoms with Crippen LogP contribution in [-0.2, 0) is 0 Å². The zero-order valence-electron chi connectivity index (χ0n) is 11.8. The number of carbonyl (C=O) groups is 1. The molecule has 5 heteroatoms. The normalized spacial score (nSPS) is 10.6. The van der Waals surface area contributed by atoms with E-state index in [0.29, 0.717) is 5.56 Å². The van der Waals surface area contributed by atoms with Gasteiger partial charge in [-0.05, 0) is 58.7 Å². The first kappa shape index (κ1) is 15.3. The molecule has 0 spiro atoms. The number of hydrazone groups is 1. The Morgan fingerprint density at radius 1 is 1.24 bits per heavy atom. The fourth-order valence-electron chi connectivity index (χ4n) is 1.70. The SMILES string of the molecule is COc1ccc(/C=N/NC(=O)c2ccc(C)cc2)cc1Br. The molecule has 0 bridgehead atoms. The van der Waals surface area contributed by atoms with Crippen LogP contribution in [0.15, 0.2) is 52.0 Å². The molecule has 108 valence electrons. The minimum absolute atomic E-state index is 0.237. The highest BCUT2D eigenvalue weighted by Crippen LogP contribution is 2.24. The molecule has 0 saturated heterocycles. The summed E-state index contributed by atoms with van der Waals surface area (Å²) in [5, 5.41) is 3.95. The van der Waals surface area contributed by atoms with Crippen molar-refractivity contribution < 1.29 is 9.53 Å². The van der Waals surface area contributed by atoms with E-state index in [0.717, 1.165) is 21.3 Å². The van der Waals surface area contributed by atoms with Crippen LogP contribution in [0.1, 0.15) is 21.5 Å². The Morgan fingerprint density at radius 3 is 2.57 bits per heavy atom. The van der Waals surface area contributed by atoms with E-state index in [4.69, 9.17) is 4.74 Å². The Hall–Kier alpha value is -2.14. The average Bonchev–Trinajstić information content (AvgIpc) is 2.48. The fourth-order valence-corrected chi connectivity index (χ4v) is 2.26. The largest absolute Gasteiger partial charge is 0.496 e. The number of aryl methyl sites for hydroxylation is 1. The third-order valence-corrected chi connectivity index (χ3v) is 3.49. The molecule has 0 aliphatic carbocycles. The van der Waals surface area contributed by atoms with Crippen molar-refractivity contribution in [3.8, 4) is 5.75 Å². The molecule has 0 aliphatic rings. The molecule has 0 aromatic heterocycles. The molecule has 2 aromatic rings. The monoisotopic (exact) mass is 346 g/mol. The summed E-state index contributed by atoms with van der Waals surface area (Å²) in [6.45, 7) is 1.97. The lowest BCUT2D eigenvalue weighted by atomic mass is 10.1. The first-order valence-electron chi connectivity index (χ1n) is 6.34. The molecular formula is C16H15BrN2O2. The van der Waals surface area contributed by atoms with Gasteiger partial charge in [-0.25, -0.2) is 5.43 Å². The highest BCUT2D eigenvalue weighted by atomic mass is 79.9. The third-order valence-electron chi connectivity index (χ3n) is 2.87. The van der Waals surface area contributed by atoms with E-state index in [1.165, 1.54) is 0 Å². The Balaban J connectivity index is 2.00. The van der Waals surface area contributed by atoms with Gasteiger partial charge in [-0.15, -0.1) is 0 Å². The minimum atomic E-state index is -0.237. The standard InChI is InChI=1S/C16H15BrN2O2/c1-11-3-6-13(7-4-11)16(20)19-18-10-12-5-8-15(21-2)14(17)9-12/h3-10H,1-2H3,(H,19,20)/b18-10+. The van der Waals surface area contributed by atoms with Crippen LogP contribution in [0.2, 0.25) is 0 Å². The van der Waals surface area contributed by atoms with E-state index >= 15 is 0 Å². The van der Waals surface area contributed by atoms with Crippen molar-refractivity contribution in [2.45, 2.75) is 6.92 Å². The molecule has 0 saturated carbocycles. The van der Waals surface area contributed by atoms with Crippen LogP contribution < -0.4 is 10.2 Å². The smallest absolute Gasteiger partial charge is 0.271 e. The van der Waals surface area contributed by atoms with E-state index < -0.39 is 0 Å². The van der Waals surface area contributed by atoms with Gasteiger partial charge in [0.2, 0.25) is 0 Å². The van der Waals surface area contributed by atoms with Crippen LogP contribution in [0.4, 0.5) is 0 Å². The number of ether oxygens (including phenoxy) is 1. The topological polar surface area (TPSA) is 50.7 Å². The molecule has 1 N–H and O–H groups in total. The van der Waals surface area contributed by atoms with Crippen LogP contribution in [0.25, 0.3) is 0 Å². The molecular weight excluding hydrogens is 332 g/mol. The van der Waals surface area contributed by atoms with Gasteiger partial charge in [0.05, 0.1) is 17.8 Å². The summed E-state index contributed by atoms with van der Waals surface area (Å²) in [6, 6.07) is 12.9. The lowest BCUT2D eigenvalue weighted by Gasteiger charge is -2.03. The van der Waals surface area contributed by atoms with Crippen LogP contribution >= 0.6 is 15.9 Å². The predicted molar refractivity (Wildman–Crippen MR) is 86.9 cm³/mol. The maximum Gasteiger partial charge on any atom is 0.271 e. The molecule has 0 aliphatic heterocycles. The van der Waals surface area contributed by atoms with Crippen molar-refractivity contribution in [1.82, 2.24) is 5.43 Å². The second-order valence-electron chi connectivity index (χ2n) is 4.46. The van der Waals surface area contributed by atoms with Crippen LogP contribution in [0.5, 0.6) is 5.75 Å². The molecule has 0 atom stereocenters. The summed E-state index contributed by atoms with van der Waals surface area (Å²) in [5.74, 6) is 0.509. The molecule has 1 amide bonds. The maximum atomic E-state index is 11.9. The van der Waals surface area contributed by atoms with E-state index in [2.05, 4.69) is 26.5 Å². The number of halogens is 1. The van der Waals surface area contributed by atoms with Crippen molar-refractivity contribution >= 4 is 28.1 Å². The molecule has 4 nitrogen and oxygen atoms in total. The lowest BCUT2D eigenvalue weighted by Crippen LogP contribution is -2.17. The summed E-state index contributed by atoms with van der Waals surface area (Å²) in [6.07, 6.45) is 1.58. The number of amides is 1. The number of nitrogens with one attached hydrogen (secondary N) is 1. The van der Waals surface area contributed by atoms with Crippen molar-refractivity contribution in [3.05, 3.63) is 63.6 Å². The Labute approximate surface area is 132 Å². The van der Waals surface area contributed by atoms with E-state index in [1.54, 1.807) is 25.5 Å². The molecule has 2 aromatic carbocycles. The summed E-state index contributed by atoms with van der Waals surface area (Å²) >= 11 is 3.40. The Kier molecular flexibility index (Phi) is 5.11. The average molecular weight is 347 g/mol. The number of hydrogen-bond donors (Lipinski definition) is 1. The number of rotatable bonds is 4. The van der Waals surface area contributed by atoms with Crippen LogP contribution in [0.3, 0.4) is 0 Å². The summed E-state index contributed by atoms with van der Waals surface area (Å²) in [7, 11) is 1.61. The van der Waals surface area contributed by atoms with Gasteiger partial charge in [0.1, 0.15) is 5.75 Å². The van der Waals surface area contributed by atoms with Crippen LogP contribution in [-0.4, -0.2) is 19.2 Å². The second kappa shape index (κ2) is 7.04. The number of carbonyl (C=O) groups excluding carboxylic acids is 1. The number of hydrogen-bond acceptors (Lipinski definition) is 3. The van der Waals surface area contributed by atoms with Crippen molar-refractivity contribution in [2.75, 3.05) is 7.11 Å². The molecule has 0 heterocycles. The van der Waals surface area contributed by atoms with Crippen molar-refractivity contribution in [1.29, 1.82) is 0 Å². The maximum absolute atomic E-state index is 11.9. The predicted octanol–water partition coefficient (Wildman–Crippen LogP) is 3.53. The van der Waals surface area contributed by atoms with Gasteiger partial charge in [-0.1, -0.05) is 17.7 Å². The first-order valence-corrected chi connectivity index (χ1v) is 7.13. The van der Waals surface area contributed by atoms with Gasteiger partial charge in [-0.2, -0.15) is 5.10 Å². The van der Waals surface area contributed by atoms with Gasteiger partial charge in [0.15, 0.2) is 0 Å². The van der Waals surface area contributed by atoms with Gasteiger partial charge >= 0.3 is 0 Å². The molecule has 21 heavy (non-hydrogen) atoms. The number of nitrogens with zero attached hydrogens (tertiary/aromatic N) is 1. The Bertz CT molecular complexity index is 666. The Morgan fingerprint density at radius 2 is 1.95 bits per heavy atom. The molecule has 0 radical (unpaired) electrons. The van der Waals surface area contributed by atoms with Crippen molar-refractivity contribution in [2.24, 2.45) is 5.10 Å². The summed E-state index contributed by atoms with van der Waals surface area (Å²) in [5.41, 5.74) is 5.04. The fraction of sp³-hybridized carbons (Fsp3) is 0.125. The van der Waals surface area contributed by atoms with Gasteiger partial charge in [0.25, 0.3) is 5.91 Å². The minimum Gasteiger partial charge on any atom is -0.496 e.